The first-order chi connectivity index (χ1) is 10.1. The SMILES string of the molecule is COC(=O)CCCCCCNc1cccc(C(=O)O)c1C. The summed E-state index contributed by atoms with van der Waals surface area (Å²) >= 11 is 0. The molecule has 1 aromatic carbocycles. The fraction of sp³-hybridized carbons (Fsp3) is 0.500. The van der Waals surface area contributed by atoms with Crippen LogP contribution in [0.15, 0.2) is 18.2 Å². The van der Waals surface area contributed by atoms with Gasteiger partial charge in [-0.15, -0.1) is 0 Å². The van der Waals surface area contributed by atoms with E-state index in [1.54, 1.807) is 12.1 Å². The number of carboxylic acid groups (broad SMARTS) is 1. The molecular weight excluding hydrogens is 270 g/mol. The first-order valence-electron chi connectivity index (χ1n) is 7.20. The highest BCUT2D eigenvalue weighted by Gasteiger charge is 2.09. The Hall–Kier alpha value is -2.04. The molecule has 0 saturated carbocycles. The van der Waals surface area contributed by atoms with E-state index in [1.165, 1.54) is 7.11 Å². The molecule has 0 amide bonds. The van der Waals surface area contributed by atoms with Gasteiger partial charge < -0.3 is 15.2 Å². The van der Waals surface area contributed by atoms with Gasteiger partial charge in [0.1, 0.15) is 0 Å². The van der Waals surface area contributed by atoms with E-state index in [0.29, 0.717) is 12.0 Å². The van der Waals surface area contributed by atoms with Gasteiger partial charge in [0.2, 0.25) is 0 Å². The van der Waals surface area contributed by atoms with Gasteiger partial charge in [0.15, 0.2) is 0 Å². The summed E-state index contributed by atoms with van der Waals surface area (Å²) in [5.74, 6) is -1.06. The number of hydrogen-bond acceptors (Lipinski definition) is 4. The van der Waals surface area contributed by atoms with Crippen LogP contribution in [0.2, 0.25) is 0 Å². The number of carbonyl (C=O) groups is 2. The van der Waals surface area contributed by atoms with Gasteiger partial charge in [-0.1, -0.05) is 18.9 Å². The number of benzene rings is 1. The van der Waals surface area contributed by atoms with Gasteiger partial charge in [-0.05, 0) is 37.5 Å². The van der Waals surface area contributed by atoms with Crippen molar-refractivity contribution in [3.8, 4) is 0 Å². The standard InChI is InChI=1S/C16H23NO4/c1-12-13(16(19)20)8-7-9-14(12)17-11-6-4-3-5-10-15(18)21-2/h7-9,17H,3-6,10-11H2,1-2H3,(H,19,20). The molecule has 2 N–H and O–H groups in total. The third-order valence-corrected chi connectivity index (χ3v) is 3.42. The Labute approximate surface area is 125 Å². The van der Waals surface area contributed by atoms with Crippen LogP contribution in [0.3, 0.4) is 0 Å². The lowest BCUT2D eigenvalue weighted by molar-refractivity contribution is -0.140. The molecule has 0 atom stereocenters. The van der Waals surface area contributed by atoms with Crippen molar-refractivity contribution >= 4 is 17.6 Å². The minimum Gasteiger partial charge on any atom is -0.478 e. The Balaban J connectivity index is 2.26. The fourth-order valence-corrected chi connectivity index (χ4v) is 2.13. The molecule has 5 heteroatoms. The van der Waals surface area contributed by atoms with Crippen molar-refractivity contribution < 1.29 is 19.4 Å². The molecule has 0 spiro atoms. The predicted molar refractivity (Wildman–Crippen MR) is 81.7 cm³/mol. The molecule has 21 heavy (non-hydrogen) atoms. The molecule has 5 nitrogen and oxygen atoms in total. The molecule has 0 radical (unpaired) electrons. The summed E-state index contributed by atoms with van der Waals surface area (Å²) < 4.78 is 4.58. The number of carbonyl (C=O) groups excluding carboxylic acids is 1. The molecule has 0 aliphatic rings. The zero-order chi connectivity index (χ0) is 15.7. The Morgan fingerprint density at radius 1 is 1.19 bits per heavy atom. The van der Waals surface area contributed by atoms with E-state index >= 15 is 0 Å². The number of carboxylic acids is 1. The maximum Gasteiger partial charge on any atom is 0.336 e. The molecule has 0 aliphatic carbocycles. The molecule has 0 saturated heterocycles. The number of esters is 1. The molecule has 0 fully saturated rings. The lowest BCUT2D eigenvalue weighted by Gasteiger charge is -2.11. The van der Waals surface area contributed by atoms with Gasteiger partial charge in [0, 0.05) is 18.7 Å². The third-order valence-electron chi connectivity index (χ3n) is 3.42. The van der Waals surface area contributed by atoms with Crippen molar-refractivity contribution in [2.75, 3.05) is 19.0 Å². The van der Waals surface area contributed by atoms with Gasteiger partial charge >= 0.3 is 11.9 Å². The van der Waals surface area contributed by atoms with Crippen LogP contribution >= 0.6 is 0 Å². The number of methoxy groups -OCH3 is 1. The Morgan fingerprint density at radius 3 is 2.57 bits per heavy atom. The molecule has 0 heterocycles. The van der Waals surface area contributed by atoms with Gasteiger partial charge in [0.25, 0.3) is 0 Å². The normalized spacial score (nSPS) is 10.2. The number of aromatic carboxylic acids is 1. The molecule has 1 rings (SSSR count). The van der Waals surface area contributed by atoms with E-state index in [4.69, 9.17) is 5.11 Å². The van der Waals surface area contributed by atoms with E-state index in [0.717, 1.165) is 43.5 Å². The van der Waals surface area contributed by atoms with Gasteiger partial charge in [0.05, 0.1) is 12.7 Å². The summed E-state index contributed by atoms with van der Waals surface area (Å²) in [6.45, 7) is 2.60. The second kappa shape index (κ2) is 9.00. The maximum atomic E-state index is 11.0. The highest BCUT2D eigenvalue weighted by molar-refractivity contribution is 5.91. The van der Waals surface area contributed by atoms with Crippen LogP contribution in [0.5, 0.6) is 0 Å². The lowest BCUT2D eigenvalue weighted by Crippen LogP contribution is -2.07. The monoisotopic (exact) mass is 293 g/mol. The second-order valence-electron chi connectivity index (χ2n) is 4.95. The molecule has 1 aromatic rings. The largest absolute Gasteiger partial charge is 0.478 e. The van der Waals surface area contributed by atoms with Crippen molar-refractivity contribution in [1.82, 2.24) is 0 Å². The van der Waals surface area contributed by atoms with Crippen LogP contribution in [-0.4, -0.2) is 30.7 Å². The van der Waals surface area contributed by atoms with Crippen molar-refractivity contribution in [3.63, 3.8) is 0 Å². The van der Waals surface area contributed by atoms with E-state index in [-0.39, 0.29) is 5.97 Å². The second-order valence-corrected chi connectivity index (χ2v) is 4.95. The minimum absolute atomic E-state index is 0.158. The summed E-state index contributed by atoms with van der Waals surface area (Å²) in [5, 5.41) is 12.3. The van der Waals surface area contributed by atoms with Crippen LogP contribution in [0.1, 0.15) is 48.0 Å². The average molecular weight is 293 g/mol. The molecule has 0 aromatic heterocycles. The third kappa shape index (κ3) is 5.85. The summed E-state index contributed by atoms with van der Waals surface area (Å²) in [7, 11) is 1.40. The number of anilines is 1. The first-order valence-corrected chi connectivity index (χ1v) is 7.20. The summed E-state index contributed by atoms with van der Waals surface area (Å²) in [6.07, 6.45) is 4.33. The van der Waals surface area contributed by atoms with Crippen LogP contribution in [-0.2, 0) is 9.53 Å². The van der Waals surface area contributed by atoms with E-state index in [1.807, 2.05) is 13.0 Å². The van der Waals surface area contributed by atoms with Gasteiger partial charge in [-0.2, -0.15) is 0 Å². The summed E-state index contributed by atoms with van der Waals surface area (Å²) in [5.41, 5.74) is 1.96. The average Bonchev–Trinajstić information content (AvgIpc) is 2.47. The van der Waals surface area contributed by atoms with Crippen molar-refractivity contribution in [3.05, 3.63) is 29.3 Å². The quantitative estimate of drug-likeness (QED) is 0.540. The van der Waals surface area contributed by atoms with Gasteiger partial charge in [-0.25, -0.2) is 4.79 Å². The lowest BCUT2D eigenvalue weighted by atomic mass is 10.1. The smallest absolute Gasteiger partial charge is 0.336 e. The maximum absolute atomic E-state index is 11.0. The number of rotatable bonds is 9. The van der Waals surface area contributed by atoms with E-state index in [9.17, 15) is 9.59 Å². The van der Waals surface area contributed by atoms with Gasteiger partial charge in [-0.3, -0.25) is 4.79 Å². The highest BCUT2D eigenvalue weighted by Crippen LogP contribution is 2.19. The zero-order valence-electron chi connectivity index (χ0n) is 12.6. The highest BCUT2D eigenvalue weighted by atomic mass is 16.5. The Morgan fingerprint density at radius 2 is 1.90 bits per heavy atom. The molecule has 116 valence electrons. The van der Waals surface area contributed by atoms with Crippen LogP contribution < -0.4 is 5.32 Å². The van der Waals surface area contributed by atoms with E-state index < -0.39 is 5.97 Å². The Bertz CT molecular complexity index is 485. The van der Waals surface area contributed by atoms with Crippen molar-refractivity contribution in [2.45, 2.75) is 39.0 Å². The minimum atomic E-state index is -0.904. The van der Waals surface area contributed by atoms with Crippen molar-refractivity contribution in [1.29, 1.82) is 0 Å². The number of hydrogen-bond donors (Lipinski definition) is 2. The molecule has 0 aliphatic heterocycles. The van der Waals surface area contributed by atoms with Crippen LogP contribution in [0.25, 0.3) is 0 Å². The number of ether oxygens (including phenoxy) is 1. The number of nitrogens with one attached hydrogen (secondary N) is 1. The predicted octanol–water partition coefficient (Wildman–Crippen LogP) is 3.23. The molecular formula is C16H23NO4. The van der Waals surface area contributed by atoms with Crippen LogP contribution in [0.4, 0.5) is 5.69 Å². The Kier molecular flexibility index (Phi) is 7.29. The summed E-state index contributed by atoms with van der Waals surface area (Å²) in [4.78, 5) is 22.0. The van der Waals surface area contributed by atoms with Crippen LogP contribution in [0, 0.1) is 6.92 Å². The molecule has 0 bridgehead atoms. The first kappa shape index (κ1) is 17.0. The molecule has 0 unspecified atom stereocenters. The number of unbranched alkanes of at least 4 members (excludes halogenated alkanes) is 3. The fourth-order valence-electron chi connectivity index (χ4n) is 2.13. The van der Waals surface area contributed by atoms with E-state index in [2.05, 4.69) is 10.1 Å². The zero-order valence-corrected chi connectivity index (χ0v) is 12.6. The summed E-state index contributed by atoms with van der Waals surface area (Å²) in [6, 6.07) is 5.24. The topological polar surface area (TPSA) is 75.6 Å². The van der Waals surface area contributed by atoms with Crippen molar-refractivity contribution in [2.24, 2.45) is 0 Å².